The molecule has 88 valence electrons. The van der Waals surface area contributed by atoms with Gasteiger partial charge in [0, 0.05) is 0 Å². The lowest BCUT2D eigenvalue weighted by atomic mass is 10.2. The molecule has 0 unspecified atom stereocenters. The Kier molecular flexibility index (Phi) is 3.24. The van der Waals surface area contributed by atoms with Gasteiger partial charge in [0.1, 0.15) is 22.5 Å². The van der Waals surface area contributed by atoms with Crippen molar-refractivity contribution in [2.75, 3.05) is 5.32 Å². The van der Waals surface area contributed by atoms with Crippen molar-refractivity contribution in [2.45, 2.75) is 6.92 Å². The second-order valence-electron chi connectivity index (χ2n) is 3.52. The Labute approximate surface area is 102 Å². The third-order valence-corrected chi connectivity index (χ3v) is 2.46. The topological polar surface area (TPSA) is 24.9 Å². The quantitative estimate of drug-likeness (QED) is 0.818. The first-order chi connectivity index (χ1) is 8.08. The third kappa shape index (κ3) is 2.53. The number of aromatic nitrogens is 1. The van der Waals surface area contributed by atoms with Gasteiger partial charge in [-0.05, 0) is 30.7 Å². The Morgan fingerprint density at radius 1 is 1.18 bits per heavy atom. The highest BCUT2D eigenvalue weighted by Crippen LogP contribution is 2.25. The summed E-state index contributed by atoms with van der Waals surface area (Å²) >= 11 is 5.68. The highest BCUT2D eigenvalue weighted by Gasteiger charge is 2.11. The van der Waals surface area contributed by atoms with Crippen LogP contribution >= 0.6 is 11.6 Å². The number of nitrogens with one attached hydrogen (secondary N) is 1. The molecule has 5 heteroatoms. The van der Waals surface area contributed by atoms with E-state index < -0.39 is 11.6 Å². The number of rotatable bonds is 2. The van der Waals surface area contributed by atoms with Crippen molar-refractivity contribution in [2.24, 2.45) is 0 Å². The molecule has 0 aliphatic rings. The monoisotopic (exact) mass is 254 g/mol. The molecule has 0 bridgehead atoms. The molecule has 1 N–H and O–H groups in total. The first-order valence-electron chi connectivity index (χ1n) is 4.92. The van der Waals surface area contributed by atoms with Crippen LogP contribution in [0.15, 0.2) is 30.3 Å². The summed E-state index contributed by atoms with van der Waals surface area (Å²) in [5.41, 5.74) is 0.135. The van der Waals surface area contributed by atoms with Crippen molar-refractivity contribution >= 4 is 23.1 Å². The highest BCUT2D eigenvalue weighted by molar-refractivity contribution is 6.29. The van der Waals surface area contributed by atoms with Crippen LogP contribution in [0.4, 0.5) is 20.3 Å². The molecular formula is C12H9ClF2N2. The average Bonchev–Trinajstić information content (AvgIpc) is 2.30. The van der Waals surface area contributed by atoms with E-state index in [2.05, 4.69) is 10.3 Å². The van der Waals surface area contributed by atoms with Gasteiger partial charge in [0.2, 0.25) is 0 Å². The molecule has 2 aromatic rings. The van der Waals surface area contributed by atoms with Crippen LogP contribution in [-0.2, 0) is 0 Å². The SMILES string of the molecule is Cc1ccc(F)c(Nc2cccc(Cl)n2)c1F. The normalized spacial score (nSPS) is 10.4. The number of anilines is 2. The maximum Gasteiger partial charge on any atom is 0.152 e. The summed E-state index contributed by atoms with van der Waals surface area (Å²) in [6.45, 7) is 1.56. The molecule has 0 amide bonds. The fourth-order valence-corrected chi connectivity index (χ4v) is 1.54. The van der Waals surface area contributed by atoms with Crippen molar-refractivity contribution < 1.29 is 8.78 Å². The lowest BCUT2D eigenvalue weighted by Gasteiger charge is -2.09. The molecule has 2 rings (SSSR count). The third-order valence-electron chi connectivity index (χ3n) is 2.25. The van der Waals surface area contributed by atoms with E-state index in [1.807, 2.05) is 0 Å². The highest BCUT2D eigenvalue weighted by atomic mass is 35.5. The number of benzene rings is 1. The molecule has 2 nitrogen and oxygen atoms in total. The number of hydrogen-bond donors (Lipinski definition) is 1. The number of aryl methyl sites for hydroxylation is 1. The predicted molar refractivity (Wildman–Crippen MR) is 63.6 cm³/mol. The molecule has 1 aromatic heterocycles. The predicted octanol–water partition coefficient (Wildman–Crippen LogP) is 4.07. The first-order valence-corrected chi connectivity index (χ1v) is 5.30. The minimum atomic E-state index is -0.671. The van der Waals surface area contributed by atoms with Crippen molar-refractivity contribution in [1.82, 2.24) is 4.98 Å². The summed E-state index contributed by atoms with van der Waals surface area (Å²) in [7, 11) is 0. The lowest BCUT2D eigenvalue weighted by Crippen LogP contribution is -2.00. The Balaban J connectivity index is 2.39. The van der Waals surface area contributed by atoms with Crippen LogP contribution in [0.5, 0.6) is 0 Å². The summed E-state index contributed by atoms with van der Waals surface area (Å²) in [4.78, 5) is 3.90. The van der Waals surface area contributed by atoms with Gasteiger partial charge in [-0.15, -0.1) is 0 Å². The van der Waals surface area contributed by atoms with E-state index in [9.17, 15) is 8.78 Å². The molecule has 0 spiro atoms. The van der Waals surface area contributed by atoms with Crippen LogP contribution in [0.3, 0.4) is 0 Å². The van der Waals surface area contributed by atoms with Gasteiger partial charge in [0.05, 0.1) is 0 Å². The summed E-state index contributed by atoms with van der Waals surface area (Å²) in [6.07, 6.45) is 0. The van der Waals surface area contributed by atoms with Crippen LogP contribution in [0.2, 0.25) is 5.15 Å². The number of halogens is 3. The molecular weight excluding hydrogens is 246 g/mol. The molecule has 1 heterocycles. The standard InChI is InChI=1S/C12H9ClF2N2/c1-7-5-6-8(14)12(11(7)15)17-10-4-2-3-9(13)16-10/h2-6H,1H3,(H,16,17). The maximum absolute atomic E-state index is 13.7. The maximum atomic E-state index is 13.7. The van der Waals surface area contributed by atoms with Crippen LogP contribution in [-0.4, -0.2) is 4.98 Å². The molecule has 0 fully saturated rings. The molecule has 0 atom stereocenters. The minimum Gasteiger partial charge on any atom is -0.335 e. The van der Waals surface area contributed by atoms with Gasteiger partial charge in [-0.1, -0.05) is 23.7 Å². The van der Waals surface area contributed by atoms with E-state index in [0.717, 1.165) is 0 Å². The van der Waals surface area contributed by atoms with Gasteiger partial charge in [0.25, 0.3) is 0 Å². The second-order valence-corrected chi connectivity index (χ2v) is 3.91. The molecule has 1 aromatic carbocycles. The van der Waals surface area contributed by atoms with Crippen molar-refractivity contribution in [3.63, 3.8) is 0 Å². The van der Waals surface area contributed by atoms with Crippen molar-refractivity contribution in [3.8, 4) is 0 Å². The summed E-state index contributed by atoms with van der Waals surface area (Å²) in [5, 5.41) is 2.83. The molecule has 0 aliphatic carbocycles. The first kappa shape index (κ1) is 11.8. The number of nitrogens with zero attached hydrogens (tertiary/aromatic N) is 1. The van der Waals surface area contributed by atoms with Gasteiger partial charge in [-0.25, -0.2) is 13.8 Å². The van der Waals surface area contributed by atoms with Crippen molar-refractivity contribution in [1.29, 1.82) is 0 Å². The van der Waals surface area contributed by atoms with E-state index in [1.165, 1.54) is 12.1 Å². The van der Waals surface area contributed by atoms with Crippen LogP contribution < -0.4 is 5.32 Å². The Bertz CT molecular complexity index is 558. The average molecular weight is 255 g/mol. The van der Waals surface area contributed by atoms with Crippen LogP contribution in [0.25, 0.3) is 0 Å². The second kappa shape index (κ2) is 4.67. The number of pyridine rings is 1. The van der Waals surface area contributed by atoms with E-state index in [4.69, 9.17) is 11.6 Å². The molecule has 0 saturated heterocycles. The molecule has 0 radical (unpaired) electrons. The van der Waals surface area contributed by atoms with Crippen molar-refractivity contribution in [3.05, 3.63) is 52.7 Å². The Hall–Kier alpha value is -1.68. The zero-order valence-corrected chi connectivity index (χ0v) is 9.72. The zero-order valence-electron chi connectivity index (χ0n) is 8.97. The van der Waals surface area contributed by atoms with Gasteiger partial charge in [0.15, 0.2) is 5.82 Å². The fraction of sp³-hybridized carbons (Fsp3) is 0.0833. The molecule has 0 saturated carbocycles. The summed E-state index contributed by atoms with van der Waals surface area (Å²) in [6, 6.07) is 7.37. The summed E-state index contributed by atoms with van der Waals surface area (Å²) < 4.78 is 27.1. The van der Waals surface area contributed by atoms with Gasteiger partial charge in [-0.2, -0.15) is 0 Å². The van der Waals surface area contributed by atoms with E-state index in [-0.39, 0.29) is 10.8 Å². The minimum absolute atomic E-state index is 0.222. The smallest absolute Gasteiger partial charge is 0.152 e. The fourth-order valence-electron chi connectivity index (χ4n) is 1.38. The molecule has 17 heavy (non-hydrogen) atoms. The lowest BCUT2D eigenvalue weighted by molar-refractivity contribution is 0.584. The summed E-state index contributed by atoms with van der Waals surface area (Å²) in [5.74, 6) is -1.01. The van der Waals surface area contributed by atoms with Crippen LogP contribution in [0.1, 0.15) is 5.56 Å². The zero-order chi connectivity index (χ0) is 12.4. The Morgan fingerprint density at radius 3 is 2.65 bits per heavy atom. The van der Waals surface area contributed by atoms with Gasteiger partial charge in [-0.3, -0.25) is 0 Å². The van der Waals surface area contributed by atoms with Gasteiger partial charge < -0.3 is 5.32 Å². The van der Waals surface area contributed by atoms with E-state index >= 15 is 0 Å². The van der Waals surface area contributed by atoms with E-state index in [0.29, 0.717) is 11.4 Å². The van der Waals surface area contributed by atoms with Crippen LogP contribution in [0, 0.1) is 18.6 Å². The number of hydrogen-bond acceptors (Lipinski definition) is 2. The van der Waals surface area contributed by atoms with Gasteiger partial charge >= 0.3 is 0 Å². The Morgan fingerprint density at radius 2 is 1.94 bits per heavy atom. The van der Waals surface area contributed by atoms with E-state index in [1.54, 1.807) is 25.1 Å². The largest absolute Gasteiger partial charge is 0.335 e. The molecule has 0 aliphatic heterocycles.